The number of nitrogens with two attached hydrogens (primary N) is 1. The molecule has 1 saturated heterocycles. The molecule has 1 aromatic carbocycles. The number of nitrogens with one attached hydrogen (secondary N) is 1. The number of hydrogen-bond acceptors (Lipinski definition) is 5. The van der Waals surface area contributed by atoms with Gasteiger partial charge in [0.25, 0.3) is 0 Å². The molecule has 0 bridgehead atoms. The van der Waals surface area contributed by atoms with E-state index >= 15 is 0 Å². The molecule has 2 aliphatic rings. The van der Waals surface area contributed by atoms with Gasteiger partial charge in [0.1, 0.15) is 11.6 Å². The quantitative estimate of drug-likeness (QED) is 0.676. The average Bonchev–Trinajstić information content (AvgIpc) is 3.61. The largest absolute Gasteiger partial charge is 0.383 e. The molecule has 0 spiro atoms. The highest BCUT2D eigenvalue weighted by atomic mass is 19.1. The number of nitrogen functional groups attached to an aromatic ring is 1. The zero-order chi connectivity index (χ0) is 23.7. The third-order valence-electron chi connectivity index (χ3n) is 6.40. The molecular formula is C25H32FN5O2. The first-order valence-corrected chi connectivity index (χ1v) is 11.6. The third kappa shape index (κ3) is 5.33. The number of anilines is 2. The highest BCUT2D eigenvalue weighted by molar-refractivity contribution is 6.39. The van der Waals surface area contributed by atoms with E-state index in [-0.39, 0.29) is 17.9 Å². The van der Waals surface area contributed by atoms with Gasteiger partial charge in [-0.15, -0.1) is 0 Å². The fourth-order valence-electron chi connectivity index (χ4n) is 4.54. The Hall–Kier alpha value is -3.00. The number of nitrogens with zero attached hydrogens (tertiary/aromatic N) is 3. The second kappa shape index (κ2) is 9.47. The van der Waals surface area contributed by atoms with Gasteiger partial charge >= 0.3 is 11.8 Å². The van der Waals surface area contributed by atoms with Gasteiger partial charge in [0.2, 0.25) is 0 Å². The van der Waals surface area contributed by atoms with E-state index in [1.165, 1.54) is 18.3 Å². The number of piperazine rings is 1. The van der Waals surface area contributed by atoms with Crippen LogP contribution < -0.4 is 11.1 Å². The van der Waals surface area contributed by atoms with E-state index in [0.717, 1.165) is 30.5 Å². The van der Waals surface area contributed by atoms with Crippen LogP contribution in [-0.4, -0.2) is 52.3 Å². The molecule has 0 unspecified atom stereocenters. The Bertz CT molecular complexity index is 1020. The number of benzene rings is 1. The number of rotatable bonds is 5. The molecule has 1 saturated carbocycles. The maximum Gasteiger partial charge on any atom is 0.313 e. The van der Waals surface area contributed by atoms with E-state index in [1.807, 2.05) is 6.07 Å². The normalized spacial score (nSPS) is 21.3. The second-order valence-corrected chi connectivity index (χ2v) is 9.65. The van der Waals surface area contributed by atoms with Crippen LogP contribution in [0.15, 0.2) is 36.5 Å². The van der Waals surface area contributed by atoms with Gasteiger partial charge in [-0.3, -0.25) is 14.5 Å². The predicted octanol–water partition coefficient (Wildman–Crippen LogP) is 3.55. The van der Waals surface area contributed by atoms with Crippen molar-refractivity contribution < 1.29 is 14.0 Å². The predicted molar refractivity (Wildman–Crippen MR) is 126 cm³/mol. The summed E-state index contributed by atoms with van der Waals surface area (Å²) < 4.78 is 13.5. The molecule has 2 heterocycles. The molecule has 1 aliphatic heterocycles. The van der Waals surface area contributed by atoms with Gasteiger partial charge in [0, 0.05) is 25.7 Å². The summed E-state index contributed by atoms with van der Waals surface area (Å²) in [6.07, 6.45) is 3.59. The fraction of sp³-hybridized carbons (Fsp3) is 0.480. The van der Waals surface area contributed by atoms with E-state index < -0.39 is 11.8 Å². The summed E-state index contributed by atoms with van der Waals surface area (Å²) in [6.45, 7) is 8.25. The molecule has 2 fully saturated rings. The Morgan fingerprint density at radius 2 is 1.91 bits per heavy atom. The van der Waals surface area contributed by atoms with E-state index in [1.54, 1.807) is 17.0 Å². The summed E-state index contributed by atoms with van der Waals surface area (Å²) in [5, 5.41) is 2.71. The smallest absolute Gasteiger partial charge is 0.313 e. The minimum absolute atomic E-state index is 0.0977. The SMILES string of the molecule is CC(C)CN1C[C@H](c2ccc(F)cc2)N(C(=O)C(=O)Nc2cnc(N)c(C3CC3)c2)C[C@@H]1C. The minimum Gasteiger partial charge on any atom is -0.383 e. The third-order valence-corrected chi connectivity index (χ3v) is 6.40. The first-order chi connectivity index (χ1) is 15.7. The number of carbonyl (C=O) groups is 2. The Balaban J connectivity index is 1.55. The van der Waals surface area contributed by atoms with Gasteiger partial charge in [0.05, 0.1) is 17.9 Å². The molecule has 1 aromatic heterocycles. The lowest BCUT2D eigenvalue weighted by Crippen LogP contribution is -2.57. The van der Waals surface area contributed by atoms with Crippen molar-refractivity contribution in [1.82, 2.24) is 14.8 Å². The number of aromatic nitrogens is 1. The molecule has 0 radical (unpaired) electrons. The molecular weight excluding hydrogens is 421 g/mol. The minimum atomic E-state index is -0.708. The lowest BCUT2D eigenvalue weighted by atomic mass is 9.98. The Kier molecular flexibility index (Phi) is 6.65. The van der Waals surface area contributed by atoms with Crippen molar-refractivity contribution in [3.63, 3.8) is 0 Å². The highest BCUT2D eigenvalue weighted by Crippen LogP contribution is 2.42. The van der Waals surface area contributed by atoms with Crippen LogP contribution in [0, 0.1) is 11.7 Å². The molecule has 2 aromatic rings. The van der Waals surface area contributed by atoms with Crippen molar-refractivity contribution in [2.24, 2.45) is 5.92 Å². The summed E-state index contributed by atoms with van der Waals surface area (Å²) in [4.78, 5) is 34.4. The van der Waals surface area contributed by atoms with Crippen LogP contribution in [0.2, 0.25) is 0 Å². The van der Waals surface area contributed by atoms with Gasteiger partial charge in [-0.1, -0.05) is 26.0 Å². The first-order valence-electron chi connectivity index (χ1n) is 11.6. The van der Waals surface area contributed by atoms with Crippen LogP contribution in [0.1, 0.15) is 56.7 Å². The molecule has 176 valence electrons. The van der Waals surface area contributed by atoms with Crippen LogP contribution in [0.3, 0.4) is 0 Å². The van der Waals surface area contributed by atoms with Crippen LogP contribution in [0.4, 0.5) is 15.9 Å². The number of halogens is 1. The molecule has 2 amide bonds. The molecule has 8 heteroatoms. The highest BCUT2D eigenvalue weighted by Gasteiger charge is 2.38. The molecule has 33 heavy (non-hydrogen) atoms. The van der Waals surface area contributed by atoms with E-state index in [0.29, 0.717) is 36.4 Å². The molecule has 4 rings (SSSR count). The number of amides is 2. The van der Waals surface area contributed by atoms with Crippen molar-refractivity contribution in [1.29, 1.82) is 0 Å². The van der Waals surface area contributed by atoms with Crippen molar-refractivity contribution in [3.05, 3.63) is 53.5 Å². The average molecular weight is 454 g/mol. The lowest BCUT2D eigenvalue weighted by Gasteiger charge is -2.45. The maximum atomic E-state index is 13.5. The topological polar surface area (TPSA) is 91.6 Å². The Labute approximate surface area is 194 Å². The summed E-state index contributed by atoms with van der Waals surface area (Å²) in [7, 11) is 0. The van der Waals surface area contributed by atoms with Gasteiger partial charge < -0.3 is 16.0 Å². The lowest BCUT2D eigenvalue weighted by molar-refractivity contribution is -0.148. The summed E-state index contributed by atoms with van der Waals surface area (Å²) in [5.74, 6) is -0.341. The second-order valence-electron chi connectivity index (χ2n) is 9.65. The van der Waals surface area contributed by atoms with E-state index in [9.17, 15) is 14.0 Å². The Morgan fingerprint density at radius 1 is 1.21 bits per heavy atom. The van der Waals surface area contributed by atoms with Gasteiger partial charge in [-0.2, -0.15) is 0 Å². The molecule has 2 atom stereocenters. The van der Waals surface area contributed by atoms with Gasteiger partial charge in [0.15, 0.2) is 0 Å². The summed E-state index contributed by atoms with van der Waals surface area (Å²) in [6, 6.07) is 7.73. The zero-order valence-electron chi connectivity index (χ0n) is 19.4. The Morgan fingerprint density at radius 3 is 2.55 bits per heavy atom. The zero-order valence-corrected chi connectivity index (χ0v) is 19.4. The number of hydrogen-bond donors (Lipinski definition) is 2. The monoisotopic (exact) mass is 453 g/mol. The van der Waals surface area contributed by atoms with E-state index in [4.69, 9.17) is 5.73 Å². The first kappa shape index (κ1) is 23.2. The summed E-state index contributed by atoms with van der Waals surface area (Å²) in [5.41, 5.74) is 8.16. The van der Waals surface area contributed by atoms with Gasteiger partial charge in [-0.25, -0.2) is 9.37 Å². The number of pyridine rings is 1. The van der Waals surface area contributed by atoms with Crippen LogP contribution >= 0.6 is 0 Å². The van der Waals surface area contributed by atoms with Crippen molar-refractivity contribution in [3.8, 4) is 0 Å². The molecule has 7 nitrogen and oxygen atoms in total. The van der Waals surface area contributed by atoms with Crippen molar-refractivity contribution in [2.75, 3.05) is 30.7 Å². The number of carbonyl (C=O) groups excluding carboxylic acids is 2. The van der Waals surface area contributed by atoms with Crippen molar-refractivity contribution >= 4 is 23.3 Å². The van der Waals surface area contributed by atoms with Crippen molar-refractivity contribution in [2.45, 2.75) is 51.6 Å². The van der Waals surface area contributed by atoms with Gasteiger partial charge in [-0.05, 0) is 60.9 Å². The van der Waals surface area contributed by atoms with Crippen LogP contribution in [-0.2, 0) is 9.59 Å². The standard InChI is InChI=1S/C25H32FN5O2/c1-15(2)12-30-14-22(18-6-8-19(26)9-7-18)31(13-16(30)3)25(33)24(32)29-20-10-21(17-4-5-17)23(27)28-11-20/h6-11,15-17,22H,4-5,12-14H2,1-3H3,(H2,27,28)(H,29,32)/t16-,22+/m0/s1. The van der Waals surface area contributed by atoms with Crippen LogP contribution in [0.5, 0.6) is 0 Å². The van der Waals surface area contributed by atoms with E-state index in [2.05, 4.69) is 36.0 Å². The van der Waals surface area contributed by atoms with Crippen LogP contribution in [0.25, 0.3) is 0 Å². The summed E-state index contributed by atoms with van der Waals surface area (Å²) >= 11 is 0. The fourth-order valence-corrected chi connectivity index (χ4v) is 4.54. The molecule has 3 N–H and O–H groups in total. The maximum absolute atomic E-state index is 13.5. The molecule has 1 aliphatic carbocycles.